The van der Waals surface area contributed by atoms with Gasteiger partial charge in [-0.05, 0) is 42.8 Å². The summed E-state index contributed by atoms with van der Waals surface area (Å²) >= 11 is 6.00. The molecule has 1 aliphatic heterocycles. The topological polar surface area (TPSA) is 131 Å². The monoisotopic (exact) mass is 466 g/mol. The number of carbonyl (C=O) groups is 2. The molecule has 31 heavy (non-hydrogen) atoms. The quantitative estimate of drug-likeness (QED) is 0.570. The van der Waals surface area contributed by atoms with Gasteiger partial charge in [-0.25, -0.2) is 8.42 Å². The lowest BCUT2D eigenvalue weighted by Gasteiger charge is -2.26. The molecule has 0 aliphatic carbocycles. The van der Waals surface area contributed by atoms with Crippen molar-refractivity contribution in [3.63, 3.8) is 0 Å². The zero-order valence-electron chi connectivity index (χ0n) is 16.9. The van der Waals surface area contributed by atoms with E-state index in [1.807, 2.05) is 0 Å². The Labute approximate surface area is 185 Å². The molecule has 0 atom stereocenters. The number of hydrogen-bond donors (Lipinski definition) is 3. The zero-order chi connectivity index (χ0) is 22.6. The summed E-state index contributed by atoms with van der Waals surface area (Å²) < 4.78 is 32.5. The molecule has 0 spiro atoms. The van der Waals surface area contributed by atoms with Crippen molar-refractivity contribution in [3.8, 4) is 0 Å². The van der Waals surface area contributed by atoms with Crippen LogP contribution in [0.15, 0.2) is 41.3 Å². The summed E-state index contributed by atoms with van der Waals surface area (Å²) in [5.41, 5.74) is 6.89. The van der Waals surface area contributed by atoms with Crippen LogP contribution in [0.25, 0.3) is 0 Å². The highest BCUT2D eigenvalue weighted by Crippen LogP contribution is 2.25. The average Bonchev–Trinajstić information content (AvgIpc) is 2.74. The third kappa shape index (κ3) is 5.53. The molecule has 11 heteroatoms. The molecule has 1 fully saturated rings. The Morgan fingerprint density at radius 2 is 1.81 bits per heavy atom. The van der Waals surface area contributed by atoms with Crippen LogP contribution in [0.1, 0.15) is 15.9 Å². The summed E-state index contributed by atoms with van der Waals surface area (Å²) in [4.78, 5) is 23.7. The highest BCUT2D eigenvalue weighted by Gasteiger charge is 2.28. The van der Waals surface area contributed by atoms with E-state index in [0.29, 0.717) is 43.2 Å². The number of amides is 2. The van der Waals surface area contributed by atoms with E-state index >= 15 is 0 Å². The van der Waals surface area contributed by atoms with Crippen LogP contribution in [0, 0.1) is 6.92 Å². The van der Waals surface area contributed by atoms with E-state index in [4.69, 9.17) is 22.1 Å². The number of nitrogens with two attached hydrogens (primary N) is 1. The molecule has 4 N–H and O–H groups in total. The molecule has 2 aromatic carbocycles. The fourth-order valence-corrected chi connectivity index (χ4v) is 5.03. The Morgan fingerprint density at radius 1 is 1.13 bits per heavy atom. The van der Waals surface area contributed by atoms with Crippen molar-refractivity contribution in [1.29, 1.82) is 0 Å². The molecule has 0 unspecified atom stereocenters. The lowest BCUT2D eigenvalue weighted by Crippen LogP contribution is -2.40. The van der Waals surface area contributed by atoms with Gasteiger partial charge in [-0.2, -0.15) is 4.31 Å². The van der Waals surface area contributed by atoms with Crippen LogP contribution in [0.4, 0.5) is 11.4 Å². The lowest BCUT2D eigenvalue weighted by atomic mass is 10.2. The second-order valence-corrected chi connectivity index (χ2v) is 9.27. The molecule has 1 heterocycles. The van der Waals surface area contributed by atoms with Gasteiger partial charge in [0.2, 0.25) is 21.8 Å². The SMILES string of the molecule is Cc1ccc(NC(=O)CNc2ccc(C(N)=O)c(Cl)c2)cc1S(=O)(=O)N1CCOCC1. The number of halogens is 1. The smallest absolute Gasteiger partial charge is 0.250 e. The van der Waals surface area contributed by atoms with Crippen LogP contribution < -0.4 is 16.4 Å². The number of nitrogens with one attached hydrogen (secondary N) is 2. The molecular weight excluding hydrogens is 444 g/mol. The maximum absolute atomic E-state index is 13.0. The van der Waals surface area contributed by atoms with Gasteiger partial charge in [0.15, 0.2) is 0 Å². The summed E-state index contributed by atoms with van der Waals surface area (Å²) in [5, 5.41) is 5.75. The van der Waals surface area contributed by atoms with Crippen molar-refractivity contribution in [2.24, 2.45) is 5.73 Å². The number of benzene rings is 2. The Morgan fingerprint density at radius 3 is 2.45 bits per heavy atom. The van der Waals surface area contributed by atoms with E-state index < -0.39 is 15.9 Å². The van der Waals surface area contributed by atoms with Crippen LogP contribution in [0.2, 0.25) is 5.02 Å². The highest BCUT2D eigenvalue weighted by atomic mass is 35.5. The molecule has 0 aromatic heterocycles. The van der Waals surface area contributed by atoms with E-state index in [0.717, 1.165) is 0 Å². The molecule has 2 amide bonds. The number of nitrogens with zero attached hydrogens (tertiary/aromatic N) is 1. The Bertz CT molecular complexity index is 1100. The second kappa shape index (κ2) is 9.65. The van der Waals surface area contributed by atoms with Crippen molar-refractivity contribution in [2.45, 2.75) is 11.8 Å². The van der Waals surface area contributed by atoms with Gasteiger partial charge in [0, 0.05) is 24.5 Å². The molecule has 166 valence electrons. The van der Waals surface area contributed by atoms with Gasteiger partial charge in [0.25, 0.3) is 0 Å². The van der Waals surface area contributed by atoms with Crippen molar-refractivity contribution < 1.29 is 22.7 Å². The standard InChI is InChI=1S/C20H23ClN4O5S/c1-13-2-3-15(11-18(13)31(28,29)25-6-8-30-9-7-25)24-19(26)12-23-14-4-5-16(20(22)27)17(21)10-14/h2-5,10-11,23H,6-9,12H2,1H3,(H2,22,27)(H,24,26). The lowest BCUT2D eigenvalue weighted by molar-refractivity contribution is -0.114. The fourth-order valence-electron chi connectivity index (χ4n) is 3.09. The number of carbonyl (C=O) groups excluding carboxylic acids is 2. The molecule has 0 saturated carbocycles. The van der Waals surface area contributed by atoms with Gasteiger partial charge < -0.3 is 21.1 Å². The van der Waals surface area contributed by atoms with Crippen molar-refractivity contribution in [2.75, 3.05) is 43.5 Å². The third-order valence-corrected chi connectivity index (χ3v) is 7.10. The predicted octanol–water partition coefficient (Wildman–Crippen LogP) is 1.82. The Hall–Kier alpha value is -2.66. The third-order valence-electron chi connectivity index (χ3n) is 4.75. The van der Waals surface area contributed by atoms with Crippen LogP contribution in [-0.4, -0.2) is 57.4 Å². The number of ether oxygens (including phenoxy) is 1. The van der Waals surface area contributed by atoms with E-state index in [1.165, 1.54) is 22.5 Å². The molecule has 1 saturated heterocycles. The van der Waals surface area contributed by atoms with Gasteiger partial charge in [-0.15, -0.1) is 0 Å². The number of hydrogen-bond acceptors (Lipinski definition) is 6. The molecule has 0 radical (unpaired) electrons. The predicted molar refractivity (Wildman–Crippen MR) is 118 cm³/mol. The van der Waals surface area contributed by atoms with E-state index in [2.05, 4.69) is 10.6 Å². The molecular formula is C20H23ClN4O5S. The first-order valence-electron chi connectivity index (χ1n) is 9.50. The van der Waals surface area contributed by atoms with Gasteiger partial charge in [0.1, 0.15) is 0 Å². The van der Waals surface area contributed by atoms with Crippen molar-refractivity contribution in [1.82, 2.24) is 4.31 Å². The minimum absolute atomic E-state index is 0.0916. The molecule has 1 aliphatic rings. The molecule has 2 aromatic rings. The van der Waals surface area contributed by atoms with E-state index in [1.54, 1.807) is 25.1 Å². The van der Waals surface area contributed by atoms with Gasteiger partial charge in [-0.3, -0.25) is 9.59 Å². The van der Waals surface area contributed by atoms with Crippen LogP contribution in [-0.2, 0) is 19.6 Å². The van der Waals surface area contributed by atoms with Crippen LogP contribution in [0.5, 0.6) is 0 Å². The normalized spacial score (nSPS) is 14.8. The average molecular weight is 467 g/mol. The largest absolute Gasteiger partial charge is 0.379 e. The first kappa shape index (κ1) is 23.0. The molecule has 0 bridgehead atoms. The minimum atomic E-state index is -3.69. The van der Waals surface area contributed by atoms with Gasteiger partial charge in [0.05, 0.1) is 35.2 Å². The highest BCUT2D eigenvalue weighted by molar-refractivity contribution is 7.89. The number of anilines is 2. The fraction of sp³-hybridized carbons (Fsp3) is 0.300. The zero-order valence-corrected chi connectivity index (χ0v) is 18.4. The summed E-state index contributed by atoms with van der Waals surface area (Å²) in [6.45, 7) is 2.90. The first-order valence-corrected chi connectivity index (χ1v) is 11.3. The van der Waals surface area contributed by atoms with Crippen LogP contribution >= 0.6 is 11.6 Å². The summed E-state index contributed by atoms with van der Waals surface area (Å²) in [6, 6.07) is 9.29. The number of sulfonamides is 1. The maximum atomic E-state index is 13.0. The minimum Gasteiger partial charge on any atom is -0.379 e. The van der Waals surface area contributed by atoms with Crippen LogP contribution in [0.3, 0.4) is 0 Å². The Kier molecular flexibility index (Phi) is 7.16. The summed E-state index contributed by atoms with van der Waals surface area (Å²) in [5.74, 6) is -1.02. The van der Waals surface area contributed by atoms with Crippen molar-refractivity contribution in [3.05, 3.63) is 52.5 Å². The van der Waals surface area contributed by atoms with E-state index in [9.17, 15) is 18.0 Å². The maximum Gasteiger partial charge on any atom is 0.250 e. The van der Waals surface area contributed by atoms with Gasteiger partial charge in [-0.1, -0.05) is 17.7 Å². The molecule has 9 nitrogen and oxygen atoms in total. The number of aryl methyl sites for hydroxylation is 1. The summed E-state index contributed by atoms with van der Waals surface area (Å²) in [6.07, 6.45) is 0. The van der Waals surface area contributed by atoms with E-state index in [-0.39, 0.29) is 27.9 Å². The first-order chi connectivity index (χ1) is 14.7. The molecule has 3 rings (SSSR count). The number of primary amides is 1. The number of rotatable bonds is 7. The van der Waals surface area contributed by atoms with Gasteiger partial charge >= 0.3 is 0 Å². The summed E-state index contributed by atoms with van der Waals surface area (Å²) in [7, 11) is -3.69. The second-order valence-electron chi connectivity index (χ2n) is 6.96. The number of morpholine rings is 1. The Balaban J connectivity index is 1.67. The van der Waals surface area contributed by atoms with Crippen molar-refractivity contribution >= 4 is 44.8 Å².